The van der Waals surface area contributed by atoms with Crippen LogP contribution in [0.3, 0.4) is 0 Å². The highest BCUT2D eigenvalue weighted by molar-refractivity contribution is 5.69. The Balaban J connectivity index is 2.40. The highest BCUT2D eigenvalue weighted by Crippen LogP contribution is 2.21. The highest BCUT2D eigenvalue weighted by atomic mass is 16.6. The van der Waals surface area contributed by atoms with Crippen molar-refractivity contribution in [2.75, 3.05) is 0 Å². The first-order valence-electron chi connectivity index (χ1n) is 5.08. The number of nitrogens with zero attached hydrogens (tertiary/aromatic N) is 3. The highest BCUT2D eigenvalue weighted by Gasteiger charge is 2.15. The maximum atomic E-state index is 10.8. The molecule has 7 heteroatoms. The Morgan fingerprint density at radius 1 is 1.39 bits per heavy atom. The molecule has 0 saturated heterocycles. The molecule has 0 aliphatic carbocycles. The molecule has 1 N–H and O–H groups in total. The quantitative estimate of drug-likeness (QED) is 0.650. The van der Waals surface area contributed by atoms with E-state index in [-0.39, 0.29) is 12.1 Å². The number of para-hydroxylation sites is 2. The Labute approximate surface area is 101 Å². The fraction of sp³-hybridized carbons (Fsp3) is 0.0909. The van der Waals surface area contributed by atoms with E-state index in [4.69, 9.17) is 5.11 Å². The number of hydrogen-bond donors (Lipinski definition) is 1. The van der Waals surface area contributed by atoms with E-state index in [1.807, 2.05) is 0 Å². The SMILES string of the molecule is O=C(O)Cc1ccn(-c2ccccc2[N+](=O)[O-])n1. The van der Waals surface area contributed by atoms with Crippen LogP contribution in [-0.4, -0.2) is 25.8 Å². The van der Waals surface area contributed by atoms with Crippen LogP contribution in [0.15, 0.2) is 36.5 Å². The van der Waals surface area contributed by atoms with Crippen molar-refractivity contribution in [1.29, 1.82) is 0 Å². The molecule has 1 aromatic heterocycles. The van der Waals surface area contributed by atoms with Gasteiger partial charge in [0.25, 0.3) is 5.69 Å². The van der Waals surface area contributed by atoms with E-state index in [2.05, 4.69) is 5.10 Å². The summed E-state index contributed by atoms with van der Waals surface area (Å²) in [4.78, 5) is 20.9. The minimum Gasteiger partial charge on any atom is -0.481 e. The first-order chi connectivity index (χ1) is 8.58. The third-order valence-corrected chi connectivity index (χ3v) is 2.30. The number of rotatable bonds is 4. The van der Waals surface area contributed by atoms with E-state index < -0.39 is 10.9 Å². The van der Waals surface area contributed by atoms with Gasteiger partial charge in [0.1, 0.15) is 5.69 Å². The zero-order valence-electron chi connectivity index (χ0n) is 9.18. The number of nitro groups is 1. The van der Waals surface area contributed by atoms with Crippen molar-refractivity contribution in [1.82, 2.24) is 9.78 Å². The van der Waals surface area contributed by atoms with Gasteiger partial charge in [0, 0.05) is 12.3 Å². The lowest BCUT2D eigenvalue weighted by molar-refractivity contribution is -0.384. The van der Waals surface area contributed by atoms with E-state index in [1.165, 1.54) is 23.0 Å². The lowest BCUT2D eigenvalue weighted by Gasteiger charge is -2.01. The van der Waals surface area contributed by atoms with Gasteiger partial charge in [-0.05, 0) is 12.1 Å². The van der Waals surface area contributed by atoms with Gasteiger partial charge >= 0.3 is 5.97 Å². The smallest absolute Gasteiger partial charge is 0.309 e. The Kier molecular flexibility index (Phi) is 3.05. The minimum absolute atomic E-state index is 0.0810. The first-order valence-corrected chi connectivity index (χ1v) is 5.08. The van der Waals surface area contributed by atoms with Crippen LogP contribution in [0.2, 0.25) is 0 Å². The molecule has 2 aromatic rings. The van der Waals surface area contributed by atoms with Crippen molar-refractivity contribution in [2.45, 2.75) is 6.42 Å². The molecule has 0 saturated carbocycles. The van der Waals surface area contributed by atoms with Crippen molar-refractivity contribution >= 4 is 11.7 Å². The van der Waals surface area contributed by atoms with Crippen LogP contribution in [0, 0.1) is 10.1 Å². The van der Waals surface area contributed by atoms with Gasteiger partial charge < -0.3 is 5.11 Å². The van der Waals surface area contributed by atoms with Gasteiger partial charge in [0.2, 0.25) is 0 Å². The number of benzene rings is 1. The summed E-state index contributed by atoms with van der Waals surface area (Å²) in [6.45, 7) is 0. The third-order valence-electron chi connectivity index (χ3n) is 2.30. The summed E-state index contributed by atoms with van der Waals surface area (Å²) in [6, 6.07) is 7.65. The Morgan fingerprint density at radius 2 is 2.11 bits per heavy atom. The van der Waals surface area contributed by atoms with Gasteiger partial charge in [-0.3, -0.25) is 14.9 Å². The van der Waals surface area contributed by atoms with Crippen LogP contribution in [0.4, 0.5) is 5.69 Å². The standard InChI is InChI=1S/C11H9N3O4/c15-11(16)7-8-5-6-13(12-8)9-3-1-2-4-10(9)14(17)18/h1-6H,7H2,(H,15,16). The van der Waals surface area contributed by atoms with Crippen LogP contribution in [0.1, 0.15) is 5.69 Å². The molecular weight excluding hydrogens is 238 g/mol. The normalized spacial score (nSPS) is 10.2. The minimum atomic E-state index is -0.997. The second-order valence-electron chi connectivity index (χ2n) is 3.57. The molecule has 0 bridgehead atoms. The van der Waals surface area contributed by atoms with Crippen LogP contribution in [-0.2, 0) is 11.2 Å². The Bertz CT molecular complexity index is 606. The van der Waals surface area contributed by atoms with E-state index in [0.29, 0.717) is 11.4 Å². The number of carbonyl (C=O) groups is 1. The Hall–Kier alpha value is -2.70. The summed E-state index contributed by atoms with van der Waals surface area (Å²) in [5.41, 5.74) is 0.572. The largest absolute Gasteiger partial charge is 0.481 e. The molecule has 18 heavy (non-hydrogen) atoms. The maximum absolute atomic E-state index is 10.8. The second kappa shape index (κ2) is 4.66. The summed E-state index contributed by atoms with van der Waals surface area (Å²) in [7, 11) is 0. The molecule has 92 valence electrons. The monoisotopic (exact) mass is 247 g/mol. The van der Waals surface area contributed by atoms with Gasteiger partial charge in [-0.25, -0.2) is 4.68 Å². The molecule has 0 aliphatic rings. The van der Waals surface area contributed by atoms with Crippen LogP contribution < -0.4 is 0 Å². The average Bonchev–Trinajstić information content (AvgIpc) is 2.76. The van der Waals surface area contributed by atoms with Gasteiger partial charge in [0.15, 0.2) is 0 Å². The third kappa shape index (κ3) is 2.34. The topological polar surface area (TPSA) is 98.3 Å². The summed E-state index contributed by atoms with van der Waals surface area (Å²) in [5.74, 6) is -0.997. The van der Waals surface area contributed by atoms with Crippen LogP contribution in [0.25, 0.3) is 5.69 Å². The molecule has 0 unspecified atom stereocenters. The molecule has 0 atom stereocenters. The zero-order valence-corrected chi connectivity index (χ0v) is 9.18. The number of carboxylic acids is 1. The summed E-state index contributed by atoms with van der Waals surface area (Å²) in [5, 5.41) is 23.5. The molecule has 1 heterocycles. The molecule has 0 fully saturated rings. The first kappa shape index (κ1) is 11.8. The van der Waals surface area contributed by atoms with Crippen molar-refractivity contribution in [3.05, 3.63) is 52.3 Å². The fourth-order valence-corrected chi connectivity index (χ4v) is 1.56. The number of nitro benzene ring substituents is 1. The zero-order chi connectivity index (χ0) is 13.1. The molecule has 2 rings (SSSR count). The molecular formula is C11H9N3O4. The van der Waals surface area contributed by atoms with Crippen LogP contribution >= 0.6 is 0 Å². The maximum Gasteiger partial charge on any atom is 0.309 e. The molecule has 0 amide bonds. The molecule has 0 spiro atoms. The molecule has 1 aromatic carbocycles. The molecule has 7 nitrogen and oxygen atoms in total. The fourth-order valence-electron chi connectivity index (χ4n) is 1.56. The van der Waals surface area contributed by atoms with Gasteiger partial charge in [-0.1, -0.05) is 12.1 Å². The summed E-state index contributed by atoms with van der Waals surface area (Å²) < 4.78 is 1.30. The molecule has 0 radical (unpaired) electrons. The van der Waals surface area contributed by atoms with Crippen molar-refractivity contribution in [2.24, 2.45) is 0 Å². The summed E-state index contributed by atoms with van der Waals surface area (Å²) >= 11 is 0. The number of aliphatic carboxylic acids is 1. The molecule has 0 aliphatic heterocycles. The lowest BCUT2D eigenvalue weighted by atomic mass is 10.3. The van der Waals surface area contributed by atoms with Gasteiger partial charge in [-0.15, -0.1) is 0 Å². The lowest BCUT2D eigenvalue weighted by Crippen LogP contribution is -2.04. The van der Waals surface area contributed by atoms with E-state index in [9.17, 15) is 14.9 Å². The predicted molar refractivity (Wildman–Crippen MR) is 61.6 cm³/mol. The van der Waals surface area contributed by atoms with Crippen molar-refractivity contribution in [3.8, 4) is 5.69 Å². The predicted octanol–water partition coefficient (Wildman–Crippen LogP) is 1.41. The Morgan fingerprint density at radius 3 is 2.78 bits per heavy atom. The summed E-state index contributed by atoms with van der Waals surface area (Å²) in [6.07, 6.45) is 1.29. The van der Waals surface area contributed by atoms with E-state index >= 15 is 0 Å². The number of hydrogen-bond acceptors (Lipinski definition) is 4. The van der Waals surface area contributed by atoms with Gasteiger partial charge in [-0.2, -0.15) is 5.10 Å². The number of aromatic nitrogens is 2. The van der Waals surface area contributed by atoms with E-state index in [0.717, 1.165) is 0 Å². The van der Waals surface area contributed by atoms with Gasteiger partial charge in [0.05, 0.1) is 17.0 Å². The van der Waals surface area contributed by atoms with Crippen molar-refractivity contribution in [3.63, 3.8) is 0 Å². The van der Waals surface area contributed by atoms with Crippen molar-refractivity contribution < 1.29 is 14.8 Å². The number of carboxylic acid groups (broad SMARTS) is 1. The second-order valence-corrected chi connectivity index (χ2v) is 3.57. The van der Waals surface area contributed by atoms with E-state index in [1.54, 1.807) is 18.2 Å². The average molecular weight is 247 g/mol. The van der Waals surface area contributed by atoms with Crippen LogP contribution in [0.5, 0.6) is 0 Å².